The highest BCUT2D eigenvalue weighted by molar-refractivity contribution is 5.95. The summed E-state index contributed by atoms with van der Waals surface area (Å²) in [5.74, 6) is 0.985. The molecule has 0 spiro atoms. The number of aromatic nitrogens is 6. The number of rotatable bonds is 4. The van der Waals surface area contributed by atoms with Gasteiger partial charge in [-0.25, -0.2) is 14.5 Å². The van der Waals surface area contributed by atoms with E-state index in [1.165, 1.54) is 12.5 Å². The fourth-order valence-corrected chi connectivity index (χ4v) is 2.21. The Labute approximate surface area is 120 Å². The molecule has 0 saturated carbocycles. The van der Waals surface area contributed by atoms with Crippen LogP contribution in [0.1, 0.15) is 41.8 Å². The third-order valence-electron chi connectivity index (χ3n) is 3.26. The molecule has 1 unspecified atom stereocenters. The Bertz CT molecular complexity index is 762. The minimum atomic E-state index is -0.219. The lowest BCUT2D eigenvalue weighted by Crippen LogP contribution is -2.29. The number of fused-ring (bicyclic) bond motifs is 1. The molecule has 0 aliphatic carbocycles. The van der Waals surface area contributed by atoms with E-state index in [0.717, 1.165) is 5.69 Å². The molecule has 0 aliphatic rings. The summed E-state index contributed by atoms with van der Waals surface area (Å²) in [6.45, 7) is 3.83. The number of carbonyl (C=O) groups excluding carboxylic acids is 1. The summed E-state index contributed by atoms with van der Waals surface area (Å²) in [4.78, 5) is 27.7. The van der Waals surface area contributed by atoms with Crippen LogP contribution < -0.4 is 5.32 Å². The molecule has 21 heavy (non-hydrogen) atoms. The molecule has 0 bridgehead atoms. The van der Waals surface area contributed by atoms with Crippen molar-refractivity contribution in [3.8, 4) is 0 Å². The second-order valence-corrected chi connectivity index (χ2v) is 4.61. The molecule has 2 N–H and O–H groups in total. The molecule has 0 radical (unpaired) electrons. The number of imidazole rings is 1. The van der Waals surface area contributed by atoms with Gasteiger partial charge in [-0.1, -0.05) is 6.92 Å². The first-order chi connectivity index (χ1) is 10.2. The Morgan fingerprint density at radius 1 is 1.43 bits per heavy atom. The molecular weight excluding hydrogens is 270 g/mol. The van der Waals surface area contributed by atoms with E-state index in [1.54, 1.807) is 16.9 Å². The van der Waals surface area contributed by atoms with Gasteiger partial charge in [0.2, 0.25) is 0 Å². The summed E-state index contributed by atoms with van der Waals surface area (Å²) in [6.07, 6.45) is 6.99. The Morgan fingerprint density at radius 3 is 3.00 bits per heavy atom. The van der Waals surface area contributed by atoms with Gasteiger partial charge in [0.1, 0.15) is 12.2 Å². The number of aromatic amines is 1. The van der Waals surface area contributed by atoms with Gasteiger partial charge in [0.15, 0.2) is 0 Å². The quantitative estimate of drug-likeness (QED) is 0.741. The highest BCUT2D eigenvalue weighted by Crippen LogP contribution is 2.12. The maximum Gasteiger partial charge on any atom is 0.255 e. The normalized spacial score (nSPS) is 12.5. The van der Waals surface area contributed by atoms with Crippen molar-refractivity contribution in [2.75, 3.05) is 0 Å². The Hall–Kier alpha value is -2.77. The number of H-pyrrole nitrogens is 1. The molecule has 0 saturated heterocycles. The number of amides is 1. The van der Waals surface area contributed by atoms with Crippen molar-refractivity contribution in [2.24, 2.45) is 0 Å². The molecule has 0 fully saturated rings. The molecule has 8 nitrogen and oxygen atoms in total. The van der Waals surface area contributed by atoms with Gasteiger partial charge in [0.05, 0.1) is 17.3 Å². The molecule has 0 aromatic carbocycles. The number of carbonyl (C=O) groups is 1. The van der Waals surface area contributed by atoms with Gasteiger partial charge >= 0.3 is 0 Å². The summed E-state index contributed by atoms with van der Waals surface area (Å²) in [5.41, 5.74) is 1.27. The minimum Gasteiger partial charge on any atom is -0.347 e. The fraction of sp³-hybridized carbons (Fsp3) is 0.308. The van der Waals surface area contributed by atoms with Gasteiger partial charge in [0.25, 0.3) is 11.7 Å². The molecular formula is C13H15N7O. The van der Waals surface area contributed by atoms with Crippen LogP contribution in [0, 0.1) is 0 Å². The average molecular weight is 285 g/mol. The molecule has 3 aromatic rings. The van der Waals surface area contributed by atoms with E-state index in [2.05, 4.69) is 30.4 Å². The lowest BCUT2D eigenvalue weighted by molar-refractivity contribution is 0.0936. The Balaban J connectivity index is 1.90. The van der Waals surface area contributed by atoms with Gasteiger partial charge in [-0.2, -0.15) is 10.1 Å². The maximum absolute atomic E-state index is 12.4. The third-order valence-corrected chi connectivity index (χ3v) is 3.26. The topological polar surface area (TPSA) is 101 Å². The van der Waals surface area contributed by atoms with E-state index >= 15 is 0 Å². The molecule has 0 aliphatic heterocycles. The second-order valence-electron chi connectivity index (χ2n) is 4.61. The molecule has 3 rings (SSSR count). The van der Waals surface area contributed by atoms with Crippen molar-refractivity contribution in [1.82, 2.24) is 34.9 Å². The van der Waals surface area contributed by atoms with Gasteiger partial charge < -0.3 is 10.3 Å². The smallest absolute Gasteiger partial charge is 0.255 e. The average Bonchev–Trinajstić information content (AvgIpc) is 3.16. The lowest BCUT2D eigenvalue weighted by Gasteiger charge is -2.13. The van der Waals surface area contributed by atoms with Gasteiger partial charge in [-0.3, -0.25) is 4.79 Å². The second kappa shape index (κ2) is 5.31. The number of hydrogen-bond acceptors (Lipinski definition) is 5. The molecule has 1 amide bonds. The molecule has 3 heterocycles. The summed E-state index contributed by atoms with van der Waals surface area (Å²) >= 11 is 0. The first kappa shape index (κ1) is 13.2. The molecule has 8 heteroatoms. The van der Waals surface area contributed by atoms with Crippen molar-refractivity contribution in [1.29, 1.82) is 0 Å². The summed E-state index contributed by atoms with van der Waals surface area (Å²) in [5, 5.41) is 7.00. The minimum absolute atomic E-state index is 0.208. The maximum atomic E-state index is 12.4. The SMILES string of the molecule is CCc1c(C(=O)NC(C)c2ncc[nH]2)cnc2ncnn12. The molecule has 1 atom stereocenters. The number of nitrogens with zero attached hydrogens (tertiary/aromatic N) is 5. The van der Waals surface area contributed by atoms with Crippen molar-refractivity contribution in [2.45, 2.75) is 26.3 Å². The van der Waals surface area contributed by atoms with Gasteiger partial charge in [-0.05, 0) is 13.3 Å². The van der Waals surface area contributed by atoms with Crippen LogP contribution in [0.5, 0.6) is 0 Å². The number of nitrogens with one attached hydrogen (secondary N) is 2. The molecule has 3 aromatic heterocycles. The standard InChI is InChI=1S/C13H15N7O/c1-3-10-9(6-16-13-17-7-18-20(10)13)12(21)19-8(2)11-14-4-5-15-11/h4-8H,3H2,1-2H3,(H,14,15)(H,19,21). The van der Waals surface area contributed by atoms with Crippen LogP contribution in [0.15, 0.2) is 24.9 Å². The van der Waals surface area contributed by atoms with E-state index in [0.29, 0.717) is 23.6 Å². The number of aryl methyl sites for hydroxylation is 1. The Kier molecular flexibility index (Phi) is 3.35. The van der Waals surface area contributed by atoms with E-state index < -0.39 is 0 Å². The van der Waals surface area contributed by atoms with E-state index in [4.69, 9.17) is 0 Å². The Morgan fingerprint density at radius 2 is 2.29 bits per heavy atom. The highest BCUT2D eigenvalue weighted by Gasteiger charge is 2.18. The van der Waals surface area contributed by atoms with Gasteiger partial charge in [-0.15, -0.1) is 0 Å². The lowest BCUT2D eigenvalue weighted by atomic mass is 10.1. The van der Waals surface area contributed by atoms with Crippen LogP contribution in [0.3, 0.4) is 0 Å². The van der Waals surface area contributed by atoms with E-state index in [9.17, 15) is 4.79 Å². The largest absolute Gasteiger partial charge is 0.347 e. The van der Waals surface area contributed by atoms with Crippen molar-refractivity contribution >= 4 is 11.7 Å². The third kappa shape index (κ3) is 2.35. The fourth-order valence-electron chi connectivity index (χ4n) is 2.21. The zero-order valence-electron chi connectivity index (χ0n) is 11.7. The predicted octanol–water partition coefficient (Wildman–Crippen LogP) is 0.901. The zero-order valence-corrected chi connectivity index (χ0v) is 11.7. The van der Waals surface area contributed by atoms with Crippen LogP contribution in [0.25, 0.3) is 5.78 Å². The van der Waals surface area contributed by atoms with Crippen LogP contribution >= 0.6 is 0 Å². The molecule has 108 valence electrons. The highest BCUT2D eigenvalue weighted by atomic mass is 16.1. The van der Waals surface area contributed by atoms with Crippen LogP contribution in [0.2, 0.25) is 0 Å². The monoisotopic (exact) mass is 285 g/mol. The first-order valence-corrected chi connectivity index (χ1v) is 6.68. The summed E-state index contributed by atoms with van der Waals surface area (Å²) in [6, 6.07) is -0.219. The van der Waals surface area contributed by atoms with Crippen molar-refractivity contribution < 1.29 is 4.79 Å². The van der Waals surface area contributed by atoms with Crippen molar-refractivity contribution in [3.63, 3.8) is 0 Å². The summed E-state index contributed by atoms with van der Waals surface area (Å²) < 4.78 is 1.59. The van der Waals surface area contributed by atoms with E-state index in [1.807, 2.05) is 13.8 Å². The summed E-state index contributed by atoms with van der Waals surface area (Å²) in [7, 11) is 0. The van der Waals surface area contributed by atoms with Crippen molar-refractivity contribution in [3.05, 3.63) is 42.0 Å². The predicted molar refractivity (Wildman–Crippen MR) is 74.6 cm³/mol. The van der Waals surface area contributed by atoms with Crippen LogP contribution in [0.4, 0.5) is 0 Å². The van der Waals surface area contributed by atoms with Gasteiger partial charge in [0, 0.05) is 18.6 Å². The van der Waals surface area contributed by atoms with E-state index in [-0.39, 0.29) is 11.9 Å². The van der Waals surface area contributed by atoms with Crippen LogP contribution in [-0.4, -0.2) is 35.5 Å². The number of hydrogen-bond donors (Lipinski definition) is 2. The zero-order chi connectivity index (χ0) is 14.8. The first-order valence-electron chi connectivity index (χ1n) is 6.68. The van der Waals surface area contributed by atoms with Crippen LogP contribution in [-0.2, 0) is 6.42 Å².